The first-order valence-corrected chi connectivity index (χ1v) is 11.3. The summed E-state index contributed by atoms with van der Waals surface area (Å²) in [5.41, 5.74) is 1.44. The van der Waals surface area contributed by atoms with Gasteiger partial charge in [-0.15, -0.1) is 0 Å². The van der Waals surface area contributed by atoms with Crippen molar-refractivity contribution in [2.75, 3.05) is 19.6 Å². The van der Waals surface area contributed by atoms with Gasteiger partial charge in [-0.25, -0.2) is 0 Å². The molecule has 0 aromatic heterocycles. The van der Waals surface area contributed by atoms with Crippen molar-refractivity contribution in [1.29, 1.82) is 0 Å². The number of carbonyl (C=O) groups is 1. The number of likely N-dealkylation sites (tertiary alicyclic amines) is 1. The average Bonchev–Trinajstić information content (AvgIpc) is 3.09. The predicted octanol–water partition coefficient (Wildman–Crippen LogP) is 4.03. The number of nitrogens with zero attached hydrogens (tertiary/aromatic N) is 1. The fourth-order valence-corrected chi connectivity index (χ4v) is 7.03. The van der Waals surface area contributed by atoms with E-state index < -0.39 is 0 Å². The molecule has 5 fully saturated rings. The standard InChI is InChI=1S/C24H34N2O/c27-23(24-14-19-11-20(15-24)13-21(12-19)16-24)25-22-8-10-26(17-22)9-4-7-18-5-2-1-3-6-18/h1-3,5-6,19-22H,4,7-17H2,(H,25,27)/t19?,20?,21?,22-,24?/m0/s1. The Morgan fingerprint density at radius 1 is 1.04 bits per heavy atom. The van der Waals surface area contributed by atoms with Crippen molar-refractivity contribution in [3.05, 3.63) is 35.9 Å². The van der Waals surface area contributed by atoms with Crippen molar-refractivity contribution >= 4 is 5.91 Å². The lowest BCUT2D eigenvalue weighted by Gasteiger charge is -2.55. The van der Waals surface area contributed by atoms with E-state index in [1.807, 2.05) is 0 Å². The van der Waals surface area contributed by atoms with E-state index in [1.54, 1.807) is 0 Å². The maximum absolute atomic E-state index is 13.2. The minimum absolute atomic E-state index is 0.00940. The second-order valence-corrected chi connectivity index (χ2v) is 10.0. The Labute approximate surface area is 163 Å². The van der Waals surface area contributed by atoms with Crippen LogP contribution >= 0.6 is 0 Å². The maximum Gasteiger partial charge on any atom is 0.226 e. The summed E-state index contributed by atoms with van der Waals surface area (Å²) >= 11 is 0. The van der Waals surface area contributed by atoms with Crippen molar-refractivity contribution < 1.29 is 4.79 Å². The number of carbonyl (C=O) groups excluding carboxylic acids is 1. The second-order valence-electron chi connectivity index (χ2n) is 10.0. The summed E-state index contributed by atoms with van der Waals surface area (Å²) in [5, 5.41) is 3.49. The molecule has 1 heterocycles. The van der Waals surface area contributed by atoms with E-state index in [9.17, 15) is 4.79 Å². The zero-order valence-electron chi connectivity index (χ0n) is 16.5. The monoisotopic (exact) mass is 366 g/mol. The van der Waals surface area contributed by atoms with E-state index in [2.05, 4.69) is 40.5 Å². The second kappa shape index (κ2) is 7.24. The molecule has 4 saturated carbocycles. The van der Waals surface area contributed by atoms with E-state index in [4.69, 9.17) is 0 Å². The van der Waals surface area contributed by atoms with Crippen molar-refractivity contribution in [3.63, 3.8) is 0 Å². The van der Waals surface area contributed by atoms with Gasteiger partial charge in [0, 0.05) is 24.5 Å². The Bertz CT molecular complexity index is 635. The predicted molar refractivity (Wildman–Crippen MR) is 108 cm³/mol. The molecule has 1 amide bonds. The summed E-state index contributed by atoms with van der Waals surface area (Å²) < 4.78 is 0. The first-order chi connectivity index (χ1) is 13.2. The van der Waals surface area contributed by atoms with Gasteiger partial charge in [0.05, 0.1) is 0 Å². The van der Waals surface area contributed by atoms with Gasteiger partial charge in [-0.3, -0.25) is 4.79 Å². The SMILES string of the molecule is O=C(N[C@H]1CCN(CCCc2ccccc2)C1)C12CC3CC(CC(C3)C1)C2. The van der Waals surface area contributed by atoms with Crippen LogP contribution in [-0.4, -0.2) is 36.5 Å². The third kappa shape index (κ3) is 3.68. The lowest BCUT2D eigenvalue weighted by atomic mass is 9.49. The van der Waals surface area contributed by atoms with E-state index in [1.165, 1.54) is 50.5 Å². The van der Waals surface area contributed by atoms with Crippen molar-refractivity contribution in [2.24, 2.45) is 23.2 Å². The Balaban J connectivity index is 1.10. The van der Waals surface area contributed by atoms with Gasteiger partial charge < -0.3 is 10.2 Å². The van der Waals surface area contributed by atoms with Crippen LogP contribution in [0, 0.1) is 23.2 Å². The Hall–Kier alpha value is -1.35. The highest BCUT2D eigenvalue weighted by Crippen LogP contribution is 2.60. The molecule has 0 radical (unpaired) electrons. The molecule has 1 saturated heterocycles. The first kappa shape index (κ1) is 17.7. The largest absolute Gasteiger partial charge is 0.352 e. The van der Waals surface area contributed by atoms with Crippen LogP contribution in [0.25, 0.3) is 0 Å². The van der Waals surface area contributed by atoms with Crippen LogP contribution in [0.3, 0.4) is 0 Å². The van der Waals surface area contributed by atoms with E-state index in [0.29, 0.717) is 11.9 Å². The molecule has 1 aromatic rings. The maximum atomic E-state index is 13.2. The number of hydrogen-bond donors (Lipinski definition) is 1. The van der Waals surface area contributed by atoms with Crippen LogP contribution < -0.4 is 5.32 Å². The zero-order valence-corrected chi connectivity index (χ0v) is 16.5. The Kier molecular flexibility index (Phi) is 4.75. The van der Waals surface area contributed by atoms with Crippen LogP contribution in [0.5, 0.6) is 0 Å². The molecular formula is C24H34N2O. The van der Waals surface area contributed by atoms with Gasteiger partial charge in [0.15, 0.2) is 0 Å². The molecule has 0 spiro atoms. The van der Waals surface area contributed by atoms with Crippen LogP contribution in [0.2, 0.25) is 0 Å². The first-order valence-electron chi connectivity index (χ1n) is 11.3. The number of nitrogens with one attached hydrogen (secondary N) is 1. The highest BCUT2D eigenvalue weighted by Gasteiger charge is 2.54. The highest BCUT2D eigenvalue weighted by molar-refractivity contribution is 5.83. The number of hydrogen-bond acceptors (Lipinski definition) is 2. The van der Waals surface area contributed by atoms with Crippen molar-refractivity contribution in [1.82, 2.24) is 10.2 Å². The van der Waals surface area contributed by atoms with Gasteiger partial charge in [0.2, 0.25) is 5.91 Å². The van der Waals surface area contributed by atoms with Gasteiger partial charge in [-0.1, -0.05) is 30.3 Å². The van der Waals surface area contributed by atoms with Crippen LogP contribution in [0.15, 0.2) is 30.3 Å². The van der Waals surface area contributed by atoms with Crippen LogP contribution in [-0.2, 0) is 11.2 Å². The van der Waals surface area contributed by atoms with E-state index in [-0.39, 0.29) is 5.41 Å². The Morgan fingerprint density at radius 2 is 1.70 bits per heavy atom. The molecule has 27 heavy (non-hydrogen) atoms. The summed E-state index contributed by atoms with van der Waals surface area (Å²) in [6.45, 7) is 3.34. The molecule has 1 atom stereocenters. The summed E-state index contributed by atoms with van der Waals surface area (Å²) in [4.78, 5) is 15.8. The summed E-state index contributed by atoms with van der Waals surface area (Å²) in [6.07, 6.45) is 11.3. The minimum atomic E-state index is 0.00940. The van der Waals surface area contributed by atoms with E-state index >= 15 is 0 Å². The Morgan fingerprint density at radius 3 is 2.37 bits per heavy atom. The summed E-state index contributed by atoms with van der Waals surface area (Å²) in [6, 6.07) is 11.2. The normalized spacial score (nSPS) is 37.6. The number of benzene rings is 1. The van der Waals surface area contributed by atoms with Crippen LogP contribution in [0.1, 0.15) is 56.9 Å². The molecule has 1 aromatic carbocycles. The fraction of sp³-hybridized carbons (Fsp3) is 0.708. The van der Waals surface area contributed by atoms with Crippen LogP contribution in [0.4, 0.5) is 0 Å². The smallest absolute Gasteiger partial charge is 0.226 e. The van der Waals surface area contributed by atoms with Gasteiger partial charge in [0.1, 0.15) is 0 Å². The molecule has 5 aliphatic rings. The van der Waals surface area contributed by atoms with Gasteiger partial charge in [-0.05, 0) is 87.6 Å². The lowest BCUT2D eigenvalue weighted by Crippen LogP contribution is -2.55. The van der Waals surface area contributed by atoms with E-state index in [0.717, 1.165) is 50.2 Å². The molecule has 3 nitrogen and oxygen atoms in total. The van der Waals surface area contributed by atoms with Gasteiger partial charge in [-0.2, -0.15) is 0 Å². The molecule has 4 bridgehead atoms. The lowest BCUT2D eigenvalue weighted by molar-refractivity contribution is -0.146. The van der Waals surface area contributed by atoms with Crippen molar-refractivity contribution in [2.45, 2.75) is 63.8 Å². The molecule has 0 unspecified atom stereocenters. The fourth-order valence-electron chi connectivity index (χ4n) is 7.03. The number of aryl methyl sites for hydroxylation is 1. The highest BCUT2D eigenvalue weighted by atomic mass is 16.2. The topological polar surface area (TPSA) is 32.3 Å². The summed E-state index contributed by atoms with van der Waals surface area (Å²) in [7, 11) is 0. The minimum Gasteiger partial charge on any atom is -0.352 e. The molecular weight excluding hydrogens is 332 g/mol. The van der Waals surface area contributed by atoms with Crippen molar-refractivity contribution in [3.8, 4) is 0 Å². The number of rotatable bonds is 6. The molecule has 4 aliphatic carbocycles. The third-order valence-corrected chi connectivity index (χ3v) is 7.91. The third-order valence-electron chi connectivity index (χ3n) is 7.91. The zero-order chi connectivity index (χ0) is 18.3. The molecule has 6 rings (SSSR count). The molecule has 1 N–H and O–H groups in total. The average molecular weight is 367 g/mol. The van der Waals surface area contributed by atoms with Gasteiger partial charge >= 0.3 is 0 Å². The summed E-state index contributed by atoms with van der Waals surface area (Å²) in [5.74, 6) is 2.96. The molecule has 146 valence electrons. The molecule has 1 aliphatic heterocycles. The number of amides is 1. The molecule has 3 heteroatoms. The van der Waals surface area contributed by atoms with Gasteiger partial charge in [0.25, 0.3) is 0 Å². The quantitative estimate of drug-likeness (QED) is 0.824.